The molecule has 0 saturated carbocycles. The number of guanidine groups is 1. The highest BCUT2D eigenvalue weighted by Gasteiger charge is 2.13. The van der Waals surface area contributed by atoms with Crippen molar-refractivity contribution < 1.29 is 9.53 Å². The first-order valence-electron chi connectivity index (χ1n) is 7.10. The molecule has 0 fully saturated rings. The zero-order valence-corrected chi connectivity index (χ0v) is 13.1. The van der Waals surface area contributed by atoms with E-state index in [1.807, 2.05) is 0 Å². The summed E-state index contributed by atoms with van der Waals surface area (Å²) < 4.78 is 5.08. The summed E-state index contributed by atoms with van der Waals surface area (Å²) in [6.07, 6.45) is 9.72. The van der Waals surface area contributed by atoms with Crippen molar-refractivity contribution >= 4 is 21.2 Å². The molecule has 4 N–H and O–H groups in total. The summed E-state index contributed by atoms with van der Waals surface area (Å²) in [6.45, 7) is 2.66. The van der Waals surface area contributed by atoms with E-state index in [1.54, 1.807) is 0 Å². The van der Waals surface area contributed by atoms with Crippen LogP contribution in [0.25, 0.3) is 0 Å². The van der Waals surface area contributed by atoms with Crippen molar-refractivity contribution in [2.75, 3.05) is 6.61 Å². The molecule has 0 aliphatic rings. The molecule has 0 saturated heterocycles. The highest BCUT2D eigenvalue weighted by molar-refractivity contribution is 7.19. The lowest BCUT2D eigenvalue weighted by atomic mass is 10.1. The molecule has 0 aromatic carbocycles. The summed E-state index contributed by atoms with van der Waals surface area (Å²) in [7, 11) is 2.27. The largest absolute Gasteiger partial charge is 0.464 e. The SMILES string of the molecule is CCCCCCCCCCOC(=O)C(P)NC(=N)N. The van der Waals surface area contributed by atoms with Crippen LogP contribution in [-0.2, 0) is 9.53 Å². The van der Waals surface area contributed by atoms with E-state index in [9.17, 15) is 4.79 Å². The molecule has 0 spiro atoms. The van der Waals surface area contributed by atoms with Crippen molar-refractivity contribution in [3.8, 4) is 0 Å². The van der Waals surface area contributed by atoms with Gasteiger partial charge in [0.25, 0.3) is 0 Å². The molecule has 5 nitrogen and oxygen atoms in total. The Morgan fingerprint density at radius 2 is 1.74 bits per heavy atom. The van der Waals surface area contributed by atoms with Crippen LogP contribution in [-0.4, -0.2) is 24.3 Å². The Labute approximate surface area is 118 Å². The number of carbonyl (C=O) groups is 1. The molecule has 0 aliphatic heterocycles. The lowest BCUT2D eigenvalue weighted by Crippen LogP contribution is -2.41. The third-order valence-electron chi connectivity index (χ3n) is 2.81. The zero-order chi connectivity index (χ0) is 14.5. The second kappa shape index (κ2) is 12.2. The maximum atomic E-state index is 11.4. The molecule has 2 unspecified atom stereocenters. The molecule has 0 bridgehead atoms. The average molecular weight is 289 g/mol. The van der Waals surface area contributed by atoms with Gasteiger partial charge < -0.3 is 15.8 Å². The Hall–Kier alpha value is -0.830. The Bertz CT molecular complexity index is 262. The smallest absolute Gasteiger partial charge is 0.332 e. The Kier molecular flexibility index (Phi) is 11.7. The summed E-state index contributed by atoms with van der Waals surface area (Å²) in [4.78, 5) is 11.4. The van der Waals surface area contributed by atoms with E-state index in [1.165, 1.54) is 38.5 Å². The first-order chi connectivity index (χ1) is 9.07. The zero-order valence-electron chi connectivity index (χ0n) is 11.9. The van der Waals surface area contributed by atoms with Gasteiger partial charge >= 0.3 is 5.97 Å². The number of esters is 1. The van der Waals surface area contributed by atoms with Crippen molar-refractivity contribution in [1.82, 2.24) is 5.32 Å². The number of hydrogen-bond donors (Lipinski definition) is 3. The summed E-state index contributed by atoms with van der Waals surface area (Å²) in [6, 6.07) is 0. The standard InChI is InChI=1S/C13H28N3O2P/c1-2-3-4-5-6-7-8-9-10-18-12(17)11(19)16-13(14)15/h11H,2-10,19H2,1H3,(H4,14,15,16). The van der Waals surface area contributed by atoms with E-state index in [-0.39, 0.29) is 11.9 Å². The van der Waals surface area contributed by atoms with E-state index < -0.39 is 5.78 Å². The molecule has 0 radical (unpaired) electrons. The lowest BCUT2D eigenvalue weighted by Gasteiger charge is -2.12. The summed E-state index contributed by atoms with van der Waals surface area (Å²) in [5, 5.41) is 9.47. The van der Waals surface area contributed by atoms with Crippen LogP contribution in [0, 0.1) is 5.41 Å². The van der Waals surface area contributed by atoms with E-state index in [0.717, 1.165) is 12.8 Å². The second-order valence-electron chi connectivity index (χ2n) is 4.68. The predicted octanol–water partition coefficient (Wildman–Crippen LogP) is 2.35. The molecule has 0 amide bonds. The molecule has 0 aliphatic carbocycles. The lowest BCUT2D eigenvalue weighted by molar-refractivity contribution is -0.143. The maximum Gasteiger partial charge on any atom is 0.332 e. The van der Waals surface area contributed by atoms with Gasteiger partial charge in [-0.15, -0.1) is 9.24 Å². The summed E-state index contributed by atoms with van der Waals surface area (Å²) in [5.41, 5.74) is 5.13. The first-order valence-corrected chi connectivity index (χ1v) is 7.77. The molecule has 0 aromatic heterocycles. The average Bonchev–Trinajstić information content (AvgIpc) is 2.35. The molecular weight excluding hydrogens is 261 g/mol. The fraction of sp³-hybridized carbons (Fsp3) is 0.846. The fourth-order valence-electron chi connectivity index (χ4n) is 1.72. The molecule has 0 heterocycles. The minimum atomic E-state index is -0.633. The van der Waals surface area contributed by atoms with Crippen molar-refractivity contribution in [2.24, 2.45) is 5.73 Å². The van der Waals surface area contributed by atoms with Gasteiger partial charge in [-0.05, 0) is 6.42 Å². The maximum absolute atomic E-state index is 11.4. The van der Waals surface area contributed by atoms with Crippen LogP contribution in [0.15, 0.2) is 0 Å². The number of rotatable bonds is 11. The Morgan fingerprint density at radius 3 is 2.26 bits per heavy atom. The van der Waals surface area contributed by atoms with Crippen LogP contribution < -0.4 is 11.1 Å². The van der Waals surface area contributed by atoms with Crippen molar-refractivity contribution in [1.29, 1.82) is 5.41 Å². The monoisotopic (exact) mass is 289 g/mol. The van der Waals surface area contributed by atoms with Crippen LogP contribution in [0.3, 0.4) is 0 Å². The molecule has 2 atom stereocenters. The highest BCUT2D eigenvalue weighted by atomic mass is 31.0. The van der Waals surface area contributed by atoms with Gasteiger partial charge in [0, 0.05) is 0 Å². The highest BCUT2D eigenvalue weighted by Crippen LogP contribution is 2.08. The molecule has 6 heteroatoms. The molecular formula is C13H28N3O2P. The van der Waals surface area contributed by atoms with Gasteiger partial charge in [-0.1, -0.05) is 51.9 Å². The first kappa shape index (κ1) is 18.2. The van der Waals surface area contributed by atoms with Gasteiger partial charge in [0.05, 0.1) is 6.61 Å². The van der Waals surface area contributed by atoms with Gasteiger partial charge in [-0.2, -0.15) is 0 Å². The van der Waals surface area contributed by atoms with E-state index in [4.69, 9.17) is 15.9 Å². The quantitative estimate of drug-likeness (QED) is 0.179. The topological polar surface area (TPSA) is 88.2 Å². The van der Waals surface area contributed by atoms with E-state index in [2.05, 4.69) is 21.5 Å². The van der Waals surface area contributed by atoms with E-state index >= 15 is 0 Å². The van der Waals surface area contributed by atoms with Gasteiger partial charge in [0.15, 0.2) is 5.96 Å². The number of nitrogens with two attached hydrogens (primary N) is 1. The minimum Gasteiger partial charge on any atom is -0.464 e. The predicted molar refractivity (Wildman–Crippen MR) is 82.1 cm³/mol. The fourth-order valence-corrected chi connectivity index (χ4v) is 2.00. The summed E-state index contributed by atoms with van der Waals surface area (Å²) >= 11 is 0. The summed E-state index contributed by atoms with van der Waals surface area (Å²) in [5.74, 6) is -1.25. The number of hydrogen-bond acceptors (Lipinski definition) is 3. The van der Waals surface area contributed by atoms with Crippen LogP contribution in [0.2, 0.25) is 0 Å². The second-order valence-corrected chi connectivity index (χ2v) is 5.34. The minimum absolute atomic E-state index is 0.232. The van der Waals surface area contributed by atoms with Gasteiger partial charge in [-0.25, -0.2) is 4.79 Å². The number of ether oxygens (including phenoxy) is 1. The van der Waals surface area contributed by atoms with Gasteiger partial charge in [0.1, 0.15) is 5.78 Å². The molecule has 0 rings (SSSR count). The normalized spacial score (nSPS) is 11.9. The number of unbranched alkanes of at least 4 members (excludes halogenated alkanes) is 7. The van der Waals surface area contributed by atoms with Crippen LogP contribution >= 0.6 is 9.24 Å². The molecule has 112 valence electrons. The molecule has 0 aromatic rings. The third-order valence-corrected chi connectivity index (χ3v) is 3.25. The van der Waals surface area contributed by atoms with Crippen LogP contribution in [0.5, 0.6) is 0 Å². The third kappa shape index (κ3) is 12.0. The number of nitrogens with one attached hydrogen (secondary N) is 2. The van der Waals surface area contributed by atoms with Crippen molar-refractivity contribution in [3.63, 3.8) is 0 Å². The van der Waals surface area contributed by atoms with Crippen LogP contribution in [0.1, 0.15) is 58.3 Å². The van der Waals surface area contributed by atoms with E-state index in [0.29, 0.717) is 6.61 Å². The number of carbonyl (C=O) groups excluding carboxylic acids is 1. The Morgan fingerprint density at radius 1 is 1.21 bits per heavy atom. The van der Waals surface area contributed by atoms with Crippen molar-refractivity contribution in [2.45, 2.75) is 64.1 Å². The van der Waals surface area contributed by atoms with Crippen molar-refractivity contribution in [3.05, 3.63) is 0 Å². The van der Waals surface area contributed by atoms with Gasteiger partial charge in [0.2, 0.25) is 0 Å². The van der Waals surface area contributed by atoms with Crippen LogP contribution in [0.4, 0.5) is 0 Å². The Balaban J connectivity index is 3.34. The molecule has 19 heavy (non-hydrogen) atoms. The van der Waals surface area contributed by atoms with Gasteiger partial charge in [-0.3, -0.25) is 5.41 Å².